The number of aryl methyl sites for hydroxylation is 1. The number of esters is 1. The number of carbonyl (C=O) groups excluding carboxylic acids is 2. The van der Waals surface area contributed by atoms with E-state index in [0.29, 0.717) is 22.2 Å². The Hall–Kier alpha value is -3.50. The van der Waals surface area contributed by atoms with Gasteiger partial charge in [-0.25, -0.2) is 4.79 Å². The first-order valence-electron chi connectivity index (χ1n) is 8.51. The SMILES string of the molecule is COc1cc(Cl)c(C)cc1NC(=O)COC(=O)/C=C/c1ccc(OCC#N)cc1. The van der Waals surface area contributed by atoms with Gasteiger partial charge in [0.25, 0.3) is 5.91 Å². The van der Waals surface area contributed by atoms with E-state index in [1.807, 2.05) is 6.07 Å². The number of anilines is 1. The number of nitrogens with one attached hydrogen (secondary N) is 1. The maximum atomic E-state index is 12.0. The molecular formula is C21H19ClN2O5. The Balaban J connectivity index is 1.86. The van der Waals surface area contributed by atoms with Crippen molar-refractivity contribution in [3.8, 4) is 17.6 Å². The molecule has 8 heteroatoms. The summed E-state index contributed by atoms with van der Waals surface area (Å²) in [6, 6.07) is 11.9. The lowest BCUT2D eigenvalue weighted by Gasteiger charge is -2.12. The van der Waals surface area contributed by atoms with Gasteiger partial charge in [0.15, 0.2) is 13.2 Å². The van der Waals surface area contributed by atoms with Gasteiger partial charge in [0.1, 0.15) is 17.6 Å². The van der Waals surface area contributed by atoms with Crippen LogP contribution in [0, 0.1) is 18.3 Å². The van der Waals surface area contributed by atoms with Crippen LogP contribution in [-0.2, 0) is 14.3 Å². The lowest BCUT2D eigenvalue weighted by atomic mass is 10.2. The van der Waals surface area contributed by atoms with Crippen LogP contribution in [0.3, 0.4) is 0 Å². The molecule has 0 saturated heterocycles. The molecule has 0 aliphatic carbocycles. The largest absolute Gasteiger partial charge is 0.495 e. The molecule has 2 aromatic carbocycles. The molecule has 0 heterocycles. The van der Waals surface area contributed by atoms with Crippen molar-refractivity contribution < 1.29 is 23.8 Å². The fraction of sp³-hybridized carbons (Fsp3) is 0.190. The minimum Gasteiger partial charge on any atom is -0.495 e. The van der Waals surface area contributed by atoms with Gasteiger partial charge in [-0.3, -0.25) is 4.79 Å². The molecule has 0 radical (unpaired) electrons. The Kier molecular flexibility index (Phi) is 8.07. The highest BCUT2D eigenvalue weighted by molar-refractivity contribution is 6.31. The number of rotatable bonds is 8. The molecule has 0 aliphatic heterocycles. The van der Waals surface area contributed by atoms with Gasteiger partial charge in [-0.1, -0.05) is 23.7 Å². The van der Waals surface area contributed by atoms with E-state index in [1.54, 1.807) is 49.4 Å². The molecule has 0 aliphatic rings. The van der Waals surface area contributed by atoms with Crippen molar-refractivity contribution in [3.05, 3.63) is 58.6 Å². The Morgan fingerprint density at radius 1 is 1.24 bits per heavy atom. The first kappa shape index (κ1) is 21.8. The van der Waals surface area contributed by atoms with E-state index in [-0.39, 0.29) is 6.61 Å². The van der Waals surface area contributed by atoms with Gasteiger partial charge in [0, 0.05) is 17.2 Å². The van der Waals surface area contributed by atoms with Gasteiger partial charge < -0.3 is 19.5 Å². The molecule has 0 spiro atoms. The van der Waals surface area contributed by atoms with E-state index < -0.39 is 18.5 Å². The molecule has 0 unspecified atom stereocenters. The van der Waals surface area contributed by atoms with Gasteiger partial charge >= 0.3 is 5.97 Å². The van der Waals surface area contributed by atoms with Crippen molar-refractivity contribution >= 4 is 35.2 Å². The summed E-state index contributed by atoms with van der Waals surface area (Å²) in [5.41, 5.74) is 1.94. The molecule has 0 aromatic heterocycles. The summed E-state index contributed by atoms with van der Waals surface area (Å²) in [4.78, 5) is 23.9. The lowest BCUT2D eigenvalue weighted by molar-refractivity contribution is -0.142. The second-order valence-corrected chi connectivity index (χ2v) is 6.21. The van der Waals surface area contributed by atoms with Gasteiger partial charge in [0.2, 0.25) is 0 Å². The fourth-order valence-corrected chi connectivity index (χ4v) is 2.41. The van der Waals surface area contributed by atoms with Crippen LogP contribution < -0.4 is 14.8 Å². The number of hydrogen-bond donors (Lipinski definition) is 1. The summed E-state index contributed by atoms with van der Waals surface area (Å²) in [5.74, 6) is -0.215. The summed E-state index contributed by atoms with van der Waals surface area (Å²) in [6.45, 7) is 1.31. The minimum absolute atomic E-state index is 0.0367. The molecule has 0 fully saturated rings. The summed E-state index contributed by atoms with van der Waals surface area (Å²) in [5, 5.41) is 11.6. The monoisotopic (exact) mass is 414 g/mol. The Labute approximate surface area is 173 Å². The predicted octanol–water partition coefficient (Wildman–Crippen LogP) is 3.75. The molecule has 1 N–H and O–H groups in total. The molecular weight excluding hydrogens is 396 g/mol. The third-order valence-electron chi connectivity index (χ3n) is 3.70. The van der Waals surface area contributed by atoms with E-state index in [1.165, 1.54) is 13.2 Å². The highest BCUT2D eigenvalue weighted by Gasteiger charge is 2.11. The van der Waals surface area contributed by atoms with E-state index >= 15 is 0 Å². The number of carbonyl (C=O) groups is 2. The first-order valence-corrected chi connectivity index (χ1v) is 8.89. The predicted molar refractivity (Wildman–Crippen MR) is 109 cm³/mol. The molecule has 2 aromatic rings. The smallest absolute Gasteiger partial charge is 0.331 e. The highest BCUT2D eigenvalue weighted by atomic mass is 35.5. The first-order chi connectivity index (χ1) is 13.9. The molecule has 7 nitrogen and oxygen atoms in total. The summed E-state index contributed by atoms with van der Waals surface area (Å²) in [7, 11) is 1.46. The van der Waals surface area contributed by atoms with Crippen molar-refractivity contribution in [2.45, 2.75) is 6.92 Å². The summed E-state index contributed by atoms with van der Waals surface area (Å²) in [6.07, 6.45) is 2.76. The number of methoxy groups -OCH3 is 1. The van der Waals surface area contributed by atoms with Crippen molar-refractivity contribution in [2.24, 2.45) is 0 Å². The maximum absolute atomic E-state index is 12.0. The van der Waals surface area contributed by atoms with E-state index in [2.05, 4.69) is 5.32 Å². The zero-order chi connectivity index (χ0) is 21.2. The highest BCUT2D eigenvalue weighted by Crippen LogP contribution is 2.30. The van der Waals surface area contributed by atoms with Crippen molar-refractivity contribution in [2.75, 3.05) is 25.6 Å². The van der Waals surface area contributed by atoms with Crippen LogP contribution in [-0.4, -0.2) is 32.2 Å². The third-order valence-corrected chi connectivity index (χ3v) is 4.10. The lowest BCUT2D eigenvalue weighted by Crippen LogP contribution is -2.20. The third kappa shape index (κ3) is 6.87. The van der Waals surface area contributed by atoms with Crippen LogP contribution in [0.15, 0.2) is 42.5 Å². The van der Waals surface area contributed by atoms with Crippen LogP contribution >= 0.6 is 11.6 Å². The quantitative estimate of drug-likeness (QED) is 0.521. The van der Waals surface area contributed by atoms with Crippen LogP contribution in [0.2, 0.25) is 5.02 Å². The number of nitriles is 1. The second-order valence-electron chi connectivity index (χ2n) is 5.81. The number of ether oxygens (including phenoxy) is 3. The summed E-state index contributed by atoms with van der Waals surface area (Å²) >= 11 is 6.03. The molecule has 0 bridgehead atoms. The number of halogens is 1. The average Bonchev–Trinajstić information content (AvgIpc) is 2.72. The second kappa shape index (κ2) is 10.7. The van der Waals surface area contributed by atoms with E-state index in [0.717, 1.165) is 11.1 Å². The number of benzene rings is 2. The normalized spacial score (nSPS) is 10.3. The van der Waals surface area contributed by atoms with Gasteiger partial charge in [-0.05, 0) is 42.3 Å². The average molecular weight is 415 g/mol. The molecule has 0 saturated carbocycles. The van der Waals surface area contributed by atoms with Gasteiger partial charge in [-0.15, -0.1) is 0 Å². The number of amides is 1. The molecule has 150 valence electrons. The Morgan fingerprint density at radius 2 is 1.97 bits per heavy atom. The molecule has 0 atom stereocenters. The standard InChI is InChI=1S/C21H19ClN2O5/c1-14-11-18(19(27-2)12-17(14)22)24-20(25)13-29-21(26)8-5-15-3-6-16(7-4-15)28-10-9-23/h3-8,11-12H,10,13H2,1-2H3,(H,24,25)/b8-5+. The number of hydrogen-bond acceptors (Lipinski definition) is 6. The number of nitrogens with zero attached hydrogens (tertiary/aromatic N) is 1. The summed E-state index contributed by atoms with van der Waals surface area (Å²) < 4.78 is 15.3. The van der Waals surface area contributed by atoms with Crippen molar-refractivity contribution in [3.63, 3.8) is 0 Å². The topological polar surface area (TPSA) is 97.7 Å². The van der Waals surface area contributed by atoms with E-state index in [4.69, 9.17) is 31.1 Å². The van der Waals surface area contributed by atoms with Crippen molar-refractivity contribution in [1.29, 1.82) is 5.26 Å². The zero-order valence-electron chi connectivity index (χ0n) is 15.9. The molecule has 1 amide bonds. The van der Waals surface area contributed by atoms with Gasteiger partial charge in [-0.2, -0.15) is 5.26 Å². The molecule has 29 heavy (non-hydrogen) atoms. The van der Waals surface area contributed by atoms with Crippen LogP contribution in [0.1, 0.15) is 11.1 Å². The van der Waals surface area contributed by atoms with Gasteiger partial charge in [0.05, 0.1) is 12.8 Å². The minimum atomic E-state index is -0.663. The van der Waals surface area contributed by atoms with Crippen LogP contribution in [0.25, 0.3) is 6.08 Å². The van der Waals surface area contributed by atoms with Crippen LogP contribution in [0.4, 0.5) is 5.69 Å². The maximum Gasteiger partial charge on any atom is 0.331 e. The van der Waals surface area contributed by atoms with E-state index in [9.17, 15) is 9.59 Å². The molecule has 2 rings (SSSR count). The Bertz CT molecular complexity index is 949. The zero-order valence-corrected chi connectivity index (χ0v) is 16.7. The Morgan fingerprint density at radius 3 is 2.62 bits per heavy atom. The van der Waals surface area contributed by atoms with Crippen molar-refractivity contribution in [1.82, 2.24) is 0 Å². The van der Waals surface area contributed by atoms with Crippen LogP contribution in [0.5, 0.6) is 11.5 Å². The fourth-order valence-electron chi connectivity index (χ4n) is 2.26.